The molecule has 13 nitrogen and oxygen atoms in total. The Morgan fingerprint density at radius 1 is 1.19 bits per heavy atom. The highest BCUT2D eigenvalue weighted by atomic mass is 16.6. The molecular weight excluding hydrogens is 408 g/mol. The topological polar surface area (TPSA) is 179 Å². The van der Waals surface area contributed by atoms with Crippen LogP contribution in [0.25, 0.3) is 0 Å². The molecule has 6 N–H and O–H groups in total. The molecule has 5 aliphatic rings. The van der Waals surface area contributed by atoms with E-state index in [9.17, 15) is 19.5 Å². The lowest BCUT2D eigenvalue weighted by molar-refractivity contribution is -0.139. The van der Waals surface area contributed by atoms with Crippen molar-refractivity contribution in [1.82, 2.24) is 20.0 Å². The number of rotatable bonds is 3. The standard InChI is InChI=1S/C18H26N8O5/c19-15-22-13-9(7-25-11(27)3-4-12(25)28)21-16(20)26-8-10(14(29)18(13,26)23-15)31-17(30)24-5-1-2-6-24/h9-10,13-14,29H,1-8H2,(H2,20,21)(H3,19,22,23)/t9?,10-,13?,14+,18?/m0/s1. The predicted molar refractivity (Wildman–Crippen MR) is 106 cm³/mol. The molecule has 3 amide bonds. The van der Waals surface area contributed by atoms with Crippen LogP contribution in [0.5, 0.6) is 0 Å². The molecule has 0 aromatic heterocycles. The summed E-state index contributed by atoms with van der Waals surface area (Å²) in [6.07, 6.45) is -0.423. The van der Waals surface area contributed by atoms with E-state index in [1.165, 1.54) is 0 Å². The van der Waals surface area contributed by atoms with Crippen molar-refractivity contribution >= 4 is 29.8 Å². The zero-order chi connectivity index (χ0) is 21.9. The van der Waals surface area contributed by atoms with Gasteiger partial charge >= 0.3 is 6.09 Å². The quantitative estimate of drug-likeness (QED) is 0.339. The lowest BCUT2D eigenvalue weighted by Crippen LogP contribution is -2.73. The van der Waals surface area contributed by atoms with Crippen molar-refractivity contribution in [3.05, 3.63) is 0 Å². The van der Waals surface area contributed by atoms with Gasteiger partial charge in [0.15, 0.2) is 23.7 Å². The van der Waals surface area contributed by atoms with Gasteiger partial charge in [-0.1, -0.05) is 0 Å². The van der Waals surface area contributed by atoms with E-state index >= 15 is 0 Å². The van der Waals surface area contributed by atoms with E-state index in [4.69, 9.17) is 16.2 Å². The number of hydrogen-bond donors (Lipinski definition) is 4. The SMILES string of the molecule is NC1=NC2C(CN3C(=O)CCC3=O)N=C(N)N3C[C@H](OC(=O)N4CCCC4)[C@@H](O)C23N1. The lowest BCUT2D eigenvalue weighted by atomic mass is 9.88. The van der Waals surface area contributed by atoms with Gasteiger partial charge in [0.1, 0.15) is 12.1 Å². The average Bonchev–Trinajstić information content (AvgIpc) is 3.49. The van der Waals surface area contributed by atoms with E-state index in [1.807, 2.05) is 0 Å². The summed E-state index contributed by atoms with van der Waals surface area (Å²) in [5.41, 5.74) is 10.9. The molecule has 1 spiro atoms. The second-order valence-electron chi connectivity index (χ2n) is 8.53. The number of aliphatic hydroxyl groups excluding tert-OH is 1. The number of imide groups is 1. The van der Waals surface area contributed by atoms with Crippen LogP contribution in [0, 0.1) is 0 Å². The van der Waals surface area contributed by atoms with Crippen molar-refractivity contribution < 1.29 is 24.2 Å². The largest absolute Gasteiger partial charge is 0.441 e. The van der Waals surface area contributed by atoms with Gasteiger partial charge in [-0.15, -0.1) is 0 Å². The number of nitrogens with two attached hydrogens (primary N) is 2. The number of aliphatic hydroxyl groups is 1. The minimum absolute atomic E-state index is 0.0119. The van der Waals surface area contributed by atoms with Crippen LogP contribution >= 0.6 is 0 Å². The van der Waals surface area contributed by atoms with E-state index in [1.54, 1.807) is 9.80 Å². The van der Waals surface area contributed by atoms with Crippen molar-refractivity contribution in [3.8, 4) is 0 Å². The number of aliphatic imine (C=N–C) groups is 2. The van der Waals surface area contributed by atoms with Crippen molar-refractivity contribution in [3.63, 3.8) is 0 Å². The summed E-state index contributed by atoms with van der Waals surface area (Å²) in [6, 6.07) is -1.43. The number of likely N-dealkylation sites (tertiary alicyclic amines) is 2. The van der Waals surface area contributed by atoms with Gasteiger partial charge < -0.3 is 36.4 Å². The fourth-order valence-electron chi connectivity index (χ4n) is 5.24. The minimum Gasteiger partial charge on any atom is -0.441 e. The van der Waals surface area contributed by atoms with Gasteiger partial charge in [-0.3, -0.25) is 14.5 Å². The molecule has 3 saturated heterocycles. The maximum Gasteiger partial charge on any atom is 0.410 e. The van der Waals surface area contributed by atoms with E-state index in [0.29, 0.717) is 13.1 Å². The first kappa shape index (κ1) is 19.8. The smallest absolute Gasteiger partial charge is 0.410 e. The fourth-order valence-corrected chi connectivity index (χ4v) is 5.24. The van der Waals surface area contributed by atoms with E-state index < -0.39 is 36.0 Å². The summed E-state index contributed by atoms with van der Waals surface area (Å²) in [4.78, 5) is 50.0. The molecule has 0 bridgehead atoms. The second kappa shape index (κ2) is 6.97. The van der Waals surface area contributed by atoms with Gasteiger partial charge in [-0.2, -0.15) is 0 Å². The van der Waals surface area contributed by atoms with Crippen LogP contribution in [0.2, 0.25) is 0 Å². The Morgan fingerprint density at radius 3 is 2.55 bits per heavy atom. The number of nitrogens with zero attached hydrogens (tertiary/aromatic N) is 5. The first-order chi connectivity index (χ1) is 14.8. The Kier molecular flexibility index (Phi) is 4.46. The molecule has 31 heavy (non-hydrogen) atoms. The lowest BCUT2D eigenvalue weighted by Gasteiger charge is -2.46. The Labute approximate surface area is 178 Å². The van der Waals surface area contributed by atoms with Crippen LogP contribution in [-0.2, 0) is 14.3 Å². The molecule has 5 heterocycles. The minimum atomic E-state index is -1.28. The van der Waals surface area contributed by atoms with Crippen molar-refractivity contribution in [2.45, 2.75) is 55.6 Å². The molecule has 0 aromatic rings. The molecule has 3 unspecified atom stereocenters. The highest BCUT2D eigenvalue weighted by molar-refractivity contribution is 6.02. The molecule has 5 atom stereocenters. The van der Waals surface area contributed by atoms with Crippen LogP contribution in [0.4, 0.5) is 4.79 Å². The van der Waals surface area contributed by atoms with Gasteiger partial charge in [0, 0.05) is 25.9 Å². The Hall–Kier alpha value is -3.09. The highest BCUT2D eigenvalue weighted by Gasteiger charge is 2.66. The van der Waals surface area contributed by atoms with Crippen LogP contribution in [0.3, 0.4) is 0 Å². The second-order valence-corrected chi connectivity index (χ2v) is 8.53. The third-order valence-electron chi connectivity index (χ3n) is 6.75. The molecule has 5 rings (SSSR count). The number of guanidine groups is 2. The van der Waals surface area contributed by atoms with Gasteiger partial charge in [0.25, 0.3) is 0 Å². The summed E-state index contributed by atoms with van der Waals surface area (Å²) in [7, 11) is 0. The van der Waals surface area contributed by atoms with Crippen molar-refractivity contribution in [2.75, 3.05) is 26.2 Å². The summed E-state index contributed by atoms with van der Waals surface area (Å²) in [5.74, 6) is -0.379. The maximum absolute atomic E-state index is 12.5. The molecule has 0 saturated carbocycles. The monoisotopic (exact) mass is 434 g/mol. The number of ether oxygens (including phenoxy) is 1. The highest BCUT2D eigenvalue weighted by Crippen LogP contribution is 2.41. The van der Waals surface area contributed by atoms with Crippen LogP contribution in [-0.4, -0.2) is 106 Å². The molecule has 168 valence electrons. The Bertz CT molecular complexity index is 870. The number of hydrogen-bond acceptors (Lipinski definition) is 11. The van der Waals surface area contributed by atoms with E-state index in [0.717, 1.165) is 17.7 Å². The predicted octanol–water partition coefficient (Wildman–Crippen LogP) is -2.91. The first-order valence-corrected chi connectivity index (χ1v) is 10.5. The van der Waals surface area contributed by atoms with Crippen LogP contribution in [0.1, 0.15) is 25.7 Å². The summed E-state index contributed by atoms with van der Waals surface area (Å²) < 4.78 is 5.62. The summed E-state index contributed by atoms with van der Waals surface area (Å²) in [6.45, 7) is 1.34. The first-order valence-electron chi connectivity index (χ1n) is 10.5. The van der Waals surface area contributed by atoms with Crippen LogP contribution < -0.4 is 16.8 Å². The average molecular weight is 434 g/mol. The third-order valence-corrected chi connectivity index (χ3v) is 6.75. The van der Waals surface area contributed by atoms with E-state index in [-0.39, 0.29) is 49.7 Å². The molecule has 0 aromatic carbocycles. The molecular formula is C18H26N8O5. The third kappa shape index (κ3) is 2.90. The normalized spacial score (nSPS) is 36.9. The van der Waals surface area contributed by atoms with Gasteiger partial charge in [-0.05, 0) is 12.8 Å². The number of carbonyl (C=O) groups is 3. The number of amides is 3. The Morgan fingerprint density at radius 2 is 1.87 bits per heavy atom. The van der Waals surface area contributed by atoms with Gasteiger partial charge in [0.2, 0.25) is 11.8 Å². The van der Waals surface area contributed by atoms with Crippen molar-refractivity contribution in [2.24, 2.45) is 21.5 Å². The zero-order valence-electron chi connectivity index (χ0n) is 16.9. The zero-order valence-corrected chi connectivity index (χ0v) is 16.9. The molecule has 3 fully saturated rings. The summed E-state index contributed by atoms with van der Waals surface area (Å²) in [5, 5.41) is 14.3. The maximum atomic E-state index is 12.5. The fraction of sp³-hybridized carbons (Fsp3) is 0.722. The van der Waals surface area contributed by atoms with Gasteiger partial charge in [-0.25, -0.2) is 14.8 Å². The van der Waals surface area contributed by atoms with Crippen LogP contribution in [0.15, 0.2) is 9.98 Å². The molecule has 0 radical (unpaired) electrons. The Balaban J connectivity index is 1.41. The van der Waals surface area contributed by atoms with E-state index in [2.05, 4.69) is 15.3 Å². The molecule has 5 aliphatic heterocycles. The number of carbonyl (C=O) groups excluding carboxylic acids is 3. The summed E-state index contributed by atoms with van der Waals surface area (Å²) >= 11 is 0. The molecule has 0 aliphatic carbocycles. The number of nitrogens with one attached hydrogen (secondary N) is 1. The van der Waals surface area contributed by atoms with Gasteiger partial charge in [0.05, 0.1) is 19.1 Å². The molecule has 13 heteroatoms. The van der Waals surface area contributed by atoms with Crippen molar-refractivity contribution in [1.29, 1.82) is 0 Å².